The Morgan fingerprint density at radius 1 is 1.29 bits per heavy atom. The second kappa shape index (κ2) is 5.21. The monoisotopic (exact) mass is 295 g/mol. The van der Waals surface area contributed by atoms with Gasteiger partial charge in [-0.1, -0.05) is 22.0 Å². The van der Waals surface area contributed by atoms with Crippen molar-refractivity contribution >= 4 is 21.8 Å². The SMILES string of the molecule is C[C@@H]1CCC[C@H](C)N1C(=O)c1cccc(Br)c1. The van der Waals surface area contributed by atoms with Crippen molar-refractivity contribution in [3.63, 3.8) is 0 Å². The first kappa shape index (κ1) is 12.6. The summed E-state index contributed by atoms with van der Waals surface area (Å²) in [7, 11) is 0. The minimum Gasteiger partial charge on any atom is -0.333 e. The number of likely N-dealkylation sites (tertiary alicyclic amines) is 1. The molecule has 0 N–H and O–H groups in total. The molecular formula is C14H18BrNO. The molecule has 2 nitrogen and oxygen atoms in total. The molecule has 1 fully saturated rings. The third-order valence-corrected chi connectivity index (χ3v) is 3.99. The summed E-state index contributed by atoms with van der Waals surface area (Å²) in [6.07, 6.45) is 3.46. The summed E-state index contributed by atoms with van der Waals surface area (Å²) in [5.74, 6) is 0.158. The lowest BCUT2D eigenvalue weighted by molar-refractivity contribution is 0.0510. The van der Waals surface area contributed by atoms with Gasteiger partial charge in [0.1, 0.15) is 0 Å². The smallest absolute Gasteiger partial charge is 0.254 e. The molecule has 2 atom stereocenters. The molecule has 1 amide bonds. The number of amides is 1. The van der Waals surface area contributed by atoms with Gasteiger partial charge in [-0.05, 0) is 51.3 Å². The summed E-state index contributed by atoms with van der Waals surface area (Å²) in [6.45, 7) is 4.29. The normalized spacial score (nSPS) is 24.8. The summed E-state index contributed by atoms with van der Waals surface area (Å²) in [4.78, 5) is 14.5. The molecule has 0 bridgehead atoms. The van der Waals surface area contributed by atoms with Crippen molar-refractivity contribution in [1.82, 2.24) is 4.90 Å². The number of hydrogen-bond acceptors (Lipinski definition) is 1. The van der Waals surface area contributed by atoms with E-state index in [2.05, 4.69) is 29.8 Å². The first-order valence-corrected chi connectivity index (χ1v) is 6.97. The van der Waals surface area contributed by atoms with Gasteiger partial charge in [0, 0.05) is 22.1 Å². The fraction of sp³-hybridized carbons (Fsp3) is 0.500. The zero-order chi connectivity index (χ0) is 12.4. The molecule has 3 heteroatoms. The van der Waals surface area contributed by atoms with Crippen LogP contribution in [0.5, 0.6) is 0 Å². The maximum atomic E-state index is 12.5. The summed E-state index contributed by atoms with van der Waals surface area (Å²) in [6, 6.07) is 8.35. The third-order valence-electron chi connectivity index (χ3n) is 3.50. The lowest BCUT2D eigenvalue weighted by atomic mass is 9.96. The molecule has 0 saturated carbocycles. The highest BCUT2D eigenvalue weighted by molar-refractivity contribution is 9.10. The fourth-order valence-corrected chi connectivity index (χ4v) is 2.99. The van der Waals surface area contributed by atoms with Crippen LogP contribution in [0.1, 0.15) is 43.5 Å². The Labute approximate surface area is 111 Å². The highest BCUT2D eigenvalue weighted by atomic mass is 79.9. The number of rotatable bonds is 1. The van der Waals surface area contributed by atoms with Gasteiger partial charge in [0.15, 0.2) is 0 Å². The molecule has 0 radical (unpaired) electrons. The van der Waals surface area contributed by atoms with E-state index in [1.165, 1.54) is 6.42 Å². The second-order valence-corrected chi connectivity index (χ2v) is 5.77. The van der Waals surface area contributed by atoms with Crippen LogP contribution in [0, 0.1) is 0 Å². The number of hydrogen-bond donors (Lipinski definition) is 0. The Morgan fingerprint density at radius 3 is 2.53 bits per heavy atom. The van der Waals surface area contributed by atoms with E-state index in [9.17, 15) is 4.79 Å². The van der Waals surface area contributed by atoms with Crippen molar-refractivity contribution in [2.75, 3.05) is 0 Å². The fourth-order valence-electron chi connectivity index (χ4n) is 2.59. The molecule has 0 aliphatic carbocycles. The van der Waals surface area contributed by atoms with E-state index >= 15 is 0 Å². The molecule has 0 unspecified atom stereocenters. The predicted molar refractivity (Wildman–Crippen MR) is 73.1 cm³/mol. The van der Waals surface area contributed by atoms with Crippen molar-refractivity contribution in [3.05, 3.63) is 34.3 Å². The van der Waals surface area contributed by atoms with Crippen LogP contribution in [0.25, 0.3) is 0 Å². The van der Waals surface area contributed by atoms with Gasteiger partial charge in [0.05, 0.1) is 0 Å². The largest absolute Gasteiger partial charge is 0.333 e. The van der Waals surface area contributed by atoms with Crippen molar-refractivity contribution in [3.8, 4) is 0 Å². The maximum absolute atomic E-state index is 12.5. The highest BCUT2D eigenvalue weighted by Crippen LogP contribution is 2.25. The van der Waals surface area contributed by atoms with E-state index in [0.29, 0.717) is 12.1 Å². The highest BCUT2D eigenvalue weighted by Gasteiger charge is 2.29. The Hall–Kier alpha value is -0.830. The summed E-state index contributed by atoms with van der Waals surface area (Å²) >= 11 is 3.41. The first-order chi connectivity index (χ1) is 8.09. The molecule has 1 aliphatic heterocycles. The average molecular weight is 296 g/mol. The lowest BCUT2D eigenvalue weighted by Gasteiger charge is -2.39. The van der Waals surface area contributed by atoms with Crippen LogP contribution in [-0.4, -0.2) is 22.9 Å². The molecule has 1 saturated heterocycles. The molecule has 1 heterocycles. The summed E-state index contributed by atoms with van der Waals surface area (Å²) in [5.41, 5.74) is 0.778. The number of halogens is 1. The van der Waals surface area contributed by atoms with Gasteiger partial charge in [0.2, 0.25) is 0 Å². The van der Waals surface area contributed by atoms with Gasteiger partial charge < -0.3 is 4.90 Å². The van der Waals surface area contributed by atoms with Crippen molar-refractivity contribution in [2.24, 2.45) is 0 Å². The Morgan fingerprint density at radius 2 is 1.94 bits per heavy atom. The molecule has 92 valence electrons. The molecule has 1 aromatic carbocycles. The van der Waals surface area contributed by atoms with Gasteiger partial charge in [-0.3, -0.25) is 4.79 Å². The van der Waals surface area contributed by atoms with Gasteiger partial charge in [-0.2, -0.15) is 0 Å². The van der Waals surface area contributed by atoms with E-state index in [0.717, 1.165) is 22.9 Å². The number of carbonyl (C=O) groups excluding carboxylic acids is 1. The van der Waals surface area contributed by atoms with Crippen LogP contribution < -0.4 is 0 Å². The zero-order valence-electron chi connectivity index (χ0n) is 10.3. The van der Waals surface area contributed by atoms with Crippen molar-refractivity contribution in [2.45, 2.75) is 45.2 Å². The summed E-state index contributed by atoms with van der Waals surface area (Å²) < 4.78 is 0.959. The third kappa shape index (κ3) is 2.71. The average Bonchev–Trinajstić information content (AvgIpc) is 2.28. The van der Waals surface area contributed by atoms with E-state index in [4.69, 9.17) is 0 Å². The van der Waals surface area contributed by atoms with Gasteiger partial charge in [0.25, 0.3) is 5.91 Å². The second-order valence-electron chi connectivity index (χ2n) is 4.85. The minimum atomic E-state index is 0.158. The zero-order valence-corrected chi connectivity index (χ0v) is 11.9. The van der Waals surface area contributed by atoms with Gasteiger partial charge >= 0.3 is 0 Å². The molecular weight excluding hydrogens is 278 g/mol. The maximum Gasteiger partial charge on any atom is 0.254 e. The van der Waals surface area contributed by atoms with Crippen LogP contribution in [0.2, 0.25) is 0 Å². The first-order valence-electron chi connectivity index (χ1n) is 6.18. The molecule has 0 aromatic heterocycles. The van der Waals surface area contributed by atoms with E-state index < -0.39 is 0 Å². The molecule has 2 rings (SSSR count). The topological polar surface area (TPSA) is 20.3 Å². The molecule has 17 heavy (non-hydrogen) atoms. The van der Waals surface area contributed by atoms with Crippen LogP contribution in [0.3, 0.4) is 0 Å². The quantitative estimate of drug-likeness (QED) is 0.771. The molecule has 0 spiro atoms. The van der Waals surface area contributed by atoms with E-state index in [-0.39, 0.29) is 5.91 Å². The van der Waals surface area contributed by atoms with Crippen LogP contribution in [-0.2, 0) is 0 Å². The molecule has 1 aromatic rings. The van der Waals surface area contributed by atoms with Crippen LogP contribution in [0.4, 0.5) is 0 Å². The minimum absolute atomic E-state index is 0.158. The number of nitrogens with zero attached hydrogens (tertiary/aromatic N) is 1. The van der Waals surface area contributed by atoms with Gasteiger partial charge in [-0.15, -0.1) is 0 Å². The number of benzene rings is 1. The Kier molecular flexibility index (Phi) is 3.87. The van der Waals surface area contributed by atoms with E-state index in [1.54, 1.807) is 0 Å². The van der Waals surface area contributed by atoms with Crippen LogP contribution >= 0.6 is 15.9 Å². The van der Waals surface area contributed by atoms with Gasteiger partial charge in [-0.25, -0.2) is 0 Å². The Bertz CT molecular complexity index is 408. The van der Waals surface area contributed by atoms with Crippen molar-refractivity contribution in [1.29, 1.82) is 0 Å². The lowest BCUT2D eigenvalue weighted by Crippen LogP contribution is -2.47. The number of piperidine rings is 1. The Balaban J connectivity index is 2.24. The van der Waals surface area contributed by atoms with E-state index in [1.807, 2.05) is 29.2 Å². The van der Waals surface area contributed by atoms with Crippen molar-refractivity contribution < 1.29 is 4.79 Å². The van der Waals surface area contributed by atoms with Crippen LogP contribution in [0.15, 0.2) is 28.7 Å². The summed E-state index contributed by atoms with van der Waals surface area (Å²) in [5, 5.41) is 0. The standard InChI is InChI=1S/C14H18BrNO/c1-10-5-3-6-11(2)16(10)14(17)12-7-4-8-13(15)9-12/h4,7-11H,3,5-6H2,1-2H3/t10-,11+. The predicted octanol–water partition coefficient (Wildman–Crippen LogP) is 3.85. The number of carbonyl (C=O) groups is 1. The molecule has 1 aliphatic rings.